The lowest BCUT2D eigenvalue weighted by Gasteiger charge is -2.05. The minimum absolute atomic E-state index is 0.157. The fraction of sp³-hybridized carbons (Fsp3) is 0.217. The van der Waals surface area contributed by atoms with Gasteiger partial charge >= 0.3 is 11.9 Å². The summed E-state index contributed by atoms with van der Waals surface area (Å²) in [5.74, 6) is -0.422. The molecule has 0 aliphatic heterocycles. The zero-order valence-electron chi connectivity index (χ0n) is 18.2. The molecule has 3 aromatic rings. The fourth-order valence-corrected chi connectivity index (χ4v) is 3.20. The molecule has 0 bridgehead atoms. The number of carbonyl (C=O) groups excluding carboxylic acids is 2. The number of hydrogen-bond acceptors (Lipinski definition) is 7. The van der Waals surface area contributed by atoms with Crippen molar-refractivity contribution in [2.24, 2.45) is 4.99 Å². The van der Waals surface area contributed by atoms with Crippen LogP contribution < -0.4 is 10.3 Å². The number of carbonyl (C=O) groups is 2. The Kier molecular flexibility index (Phi) is 6.89. The first-order chi connectivity index (χ1) is 15.4. The van der Waals surface area contributed by atoms with E-state index < -0.39 is 17.5 Å². The van der Waals surface area contributed by atoms with Crippen LogP contribution in [0.5, 0.6) is 5.75 Å². The van der Waals surface area contributed by atoms with E-state index in [-0.39, 0.29) is 17.5 Å². The summed E-state index contributed by atoms with van der Waals surface area (Å²) < 4.78 is 16.1. The first-order valence-corrected chi connectivity index (χ1v) is 9.67. The average molecular weight is 437 g/mol. The summed E-state index contributed by atoms with van der Waals surface area (Å²) >= 11 is 0. The molecular formula is C23H23N3O6. The highest BCUT2D eigenvalue weighted by Gasteiger charge is 2.21. The van der Waals surface area contributed by atoms with Gasteiger partial charge in [-0.1, -0.05) is 12.1 Å². The summed E-state index contributed by atoms with van der Waals surface area (Å²) in [6.45, 7) is 1.64. The number of methoxy groups -OCH3 is 3. The third-order valence-corrected chi connectivity index (χ3v) is 4.80. The van der Waals surface area contributed by atoms with Gasteiger partial charge in [0.05, 0.1) is 61.7 Å². The van der Waals surface area contributed by atoms with E-state index in [1.165, 1.54) is 18.9 Å². The Labute approximate surface area is 184 Å². The number of aliphatic imine (C=N–C) groups is 1. The number of aromatic nitrogens is 2. The van der Waals surface area contributed by atoms with Gasteiger partial charge in [0.2, 0.25) is 0 Å². The number of H-pyrrole nitrogens is 1. The van der Waals surface area contributed by atoms with Crippen LogP contribution in [0.1, 0.15) is 28.5 Å². The molecule has 2 aromatic carbocycles. The van der Waals surface area contributed by atoms with Crippen molar-refractivity contribution in [1.82, 2.24) is 9.78 Å². The van der Waals surface area contributed by atoms with E-state index >= 15 is 0 Å². The van der Waals surface area contributed by atoms with Crippen molar-refractivity contribution in [2.75, 3.05) is 21.3 Å². The van der Waals surface area contributed by atoms with Crippen LogP contribution in [-0.2, 0) is 20.7 Å². The summed E-state index contributed by atoms with van der Waals surface area (Å²) in [5.41, 5.74) is 1.64. The zero-order valence-corrected chi connectivity index (χ0v) is 18.2. The Bertz CT molecular complexity index is 1220. The molecule has 0 spiro atoms. The molecule has 0 saturated heterocycles. The molecule has 1 N–H and O–H groups in total. The Morgan fingerprint density at radius 1 is 1.00 bits per heavy atom. The van der Waals surface area contributed by atoms with Gasteiger partial charge in [-0.25, -0.2) is 9.48 Å². The van der Waals surface area contributed by atoms with Crippen LogP contribution in [0.2, 0.25) is 0 Å². The Hall–Kier alpha value is -4.14. The van der Waals surface area contributed by atoms with Crippen molar-refractivity contribution in [3.63, 3.8) is 0 Å². The summed E-state index contributed by atoms with van der Waals surface area (Å²) in [4.78, 5) is 41.8. The molecule has 0 fully saturated rings. The van der Waals surface area contributed by atoms with E-state index in [0.717, 1.165) is 0 Å². The van der Waals surface area contributed by atoms with Crippen molar-refractivity contribution in [3.05, 3.63) is 75.7 Å². The minimum atomic E-state index is -0.545. The van der Waals surface area contributed by atoms with Crippen molar-refractivity contribution < 1.29 is 23.8 Å². The number of esters is 2. The van der Waals surface area contributed by atoms with Gasteiger partial charge in [0.25, 0.3) is 5.56 Å². The maximum absolute atomic E-state index is 13.3. The molecule has 3 rings (SSSR count). The summed E-state index contributed by atoms with van der Waals surface area (Å²) in [5, 5.41) is 2.97. The largest absolute Gasteiger partial charge is 0.497 e. The molecule has 1 aromatic heterocycles. The molecule has 9 nitrogen and oxygen atoms in total. The third-order valence-electron chi connectivity index (χ3n) is 4.80. The molecular weight excluding hydrogens is 414 g/mol. The smallest absolute Gasteiger partial charge is 0.340 e. The van der Waals surface area contributed by atoms with Crippen molar-refractivity contribution in [2.45, 2.75) is 13.3 Å². The monoisotopic (exact) mass is 437 g/mol. The number of hydrogen-bond donors (Lipinski definition) is 1. The van der Waals surface area contributed by atoms with Gasteiger partial charge in [0.15, 0.2) is 0 Å². The maximum Gasteiger partial charge on any atom is 0.340 e. The number of nitrogens with zero attached hydrogens (tertiary/aromatic N) is 2. The van der Waals surface area contributed by atoms with Crippen molar-refractivity contribution >= 4 is 23.3 Å². The van der Waals surface area contributed by atoms with Gasteiger partial charge in [-0.05, 0) is 43.3 Å². The van der Waals surface area contributed by atoms with E-state index in [2.05, 4.69) is 10.1 Å². The fourth-order valence-electron chi connectivity index (χ4n) is 3.20. The van der Waals surface area contributed by atoms with Crippen LogP contribution in [-0.4, -0.2) is 48.8 Å². The second-order valence-corrected chi connectivity index (χ2v) is 6.76. The predicted molar refractivity (Wildman–Crippen MR) is 118 cm³/mol. The molecule has 166 valence electrons. The van der Waals surface area contributed by atoms with Crippen molar-refractivity contribution in [3.8, 4) is 11.4 Å². The Balaban J connectivity index is 2.15. The molecule has 0 atom stereocenters. The van der Waals surface area contributed by atoms with Gasteiger partial charge in [0, 0.05) is 0 Å². The zero-order chi connectivity index (χ0) is 23.3. The molecule has 0 aliphatic rings. The molecule has 0 saturated carbocycles. The normalized spacial score (nSPS) is 11.2. The topological polar surface area (TPSA) is 112 Å². The first kappa shape index (κ1) is 22.5. The molecule has 32 heavy (non-hydrogen) atoms. The third kappa shape index (κ3) is 4.61. The first-order valence-electron chi connectivity index (χ1n) is 9.67. The average Bonchev–Trinajstić information content (AvgIpc) is 3.14. The van der Waals surface area contributed by atoms with Gasteiger partial charge in [-0.2, -0.15) is 0 Å². The van der Waals surface area contributed by atoms with E-state index in [1.807, 2.05) is 0 Å². The van der Waals surface area contributed by atoms with E-state index in [9.17, 15) is 14.4 Å². The van der Waals surface area contributed by atoms with Crippen LogP contribution in [0.4, 0.5) is 5.69 Å². The van der Waals surface area contributed by atoms with Crippen LogP contribution in [0, 0.1) is 0 Å². The number of ether oxygens (including phenoxy) is 3. The van der Waals surface area contributed by atoms with Crippen LogP contribution in [0.3, 0.4) is 0 Å². The lowest BCUT2D eigenvalue weighted by Crippen LogP contribution is -2.20. The lowest BCUT2D eigenvalue weighted by atomic mass is 10.1. The van der Waals surface area contributed by atoms with E-state index in [0.29, 0.717) is 28.5 Å². The summed E-state index contributed by atoms with van der Waals surface area (Å²) in [6.07, 6.45) is -0.157. The molecule has 9 heteroatoms. The van der Waals surface area contributed by atoms with Crippen LogP contribution >= 0.6 is 0 Å². The number of benzene rings is 2. The van der Waals surface area contributed by atoms with E-state index in [1.54, 1.807) is 62.6 Å². The van der Waals surface area contributed by atoms with Gasteiger partial charge in [-0.3, -0.25) is 19.7 Å². The lowest BCUT2D eigenvalue weighted by molar-refractivity contribution is -0.139. The Morgan fingerprint density at radius 2 is 1.69 bits per heavy atom. The molecule has 0 amide bonds. The second-order valence-electron chi connectivity index (χ2n) is 6.76. The highest BCUT2D eigenvalue weighted by Crippen LogP contribution is 2.22. The highest BCUT2D eigenvalue weighted by atomic mass is 16.5. The Morgan fingerprint density at radius 3 is 2.31 bits per heavy atom. The summed E-state index contributed by atoms with van der Waals surface area (Å²) in [7, 11) is 4.10. The van der Waals surface area contributed by atoms with Crippen LogP contribution in [0.15, 0.2) is 58.3 Å². The standard InChI is InChI=1S/C23H23N3O6/c1-14(24-18-8-6-5-7-17(18)23(29)32-4)21-19(13-20(27)31-3)25-26(22(21)28)15-9-11-16(30-2)12-10-15/h5-12,25H,13H2,1-4H3. The molecule has 0 radical (unpaired) electrons. The molecule has 0 aliphatic carbocycles. The maximum atomic E-state index is 13.3. The van der Waals surface area contributed by atoms with E-state index in [4.69, 9.17) is 14.2 Å². The van der Waals surface area contributed by atoms with Gasteiger partial charge in [-0.15, -0.1) is 0 Å². The minimum Gasteiger partial charge on any atom is -0.497 e. The van der Waals surface area contributed by atoms with Crippen molar-refractivity contribution in [1.29, 1.82) is 0 Å². The quantitative estimate of drug-likeness (QED) is 0.449. The van der Waals surface area contributed by atoms with Gasteiger partial charge < -0.3 is 14.2 Å². The SMILES string of the molecule is COC(=O)Cc1[nH]n(-c2ccc(OC)cc2)c(=O)c1C(C)=Nc1ccccc1C(=O)OC. The number of rotatable bonds is 7. The number of para-hydroxylation sites is 1. The second kappa shape index (κ2) is 9.78. The summed E-state index contributed by atoms with van der Waals surface area (Å²) in [6, 6.07) is 13.5. The predicted octanol–water partition coefficient (Wildman–Crippen LogP) is 2.82. The molecule has 1 heterocycles. The number of aromatic amines is 1. The number of nitrogens with one attached hydrogen (secondary N) is 1. The van der Waals surface area contributed by atoms with Crippen LogP contribution in [0.25, 0.3) is 5.69 Å². The highest BCUT2D eigenvalue weighted by molar-refractivity contribution is 6.03. The molecule has 0 unspecified atom stereocenters. The van der Waals surface area contributed by atoms with Gasteiger partial charge in [0.1, 0.15) is 5.75 Å².